The van der Waals surface area contributed by atoms with Gasteiger partial charge in [-0.2, -0.15) is 0 Å². The van der Waals surface area contributed by atoms with E-state index in [0.717, 1.165) is 57.8 Å². The van der Waals surface area contributed by atoms with E-state index in [-0.39, 0.29) is 26.2 Å². The Balaban J connectivity index is 5.05. The van der Waals surface area contributed by atoms with Crippen LogP contribution in [0.4, 0.5) is 0 Å². The Hall–Kier alpha value is -1.59. The molecule has 6 heteroatoms. The van der Waals surface area contributed by atoms with Crippen LogP contribution in [-0.4, -0.2) is 37.7 Å². The minimum Gasteiger partial charge on any atom is -0.464 e. The van der Waals surface area contributed by atoms with E-state index in [0.29, 0.717) is 19.3 Å². The van der Waals surface area contributed by atoms with Crippen LogP contribution in [0.15, 0.2) is 0 Å². The van der Waals surface area contributed by atoms with Crippen LogP contribution in [0, 0.1) is 5.41 Å². The third-order valence-electron chi connectivity index (χ3n) is 5.27. The predicted molar refractivity (Wildman–Crippen MR) is 118 cm³/mol. The number of carbonyl (C=O) groups excluding carboxylic acids is 3. The van der Waals surface area contributed by atoms with Crippen LogP contribution in [0.5, 0.6) is 0 Å². The fourth-order valence-corrected chi connectivity index (χ4v) is 3.13. The van der Waals surface area contributed by atoms with Gasteiger partial charge in [-0.15, -0.1) is 0 Å². The maximum Gasteiger partial charge on any atom is 0.335 e. The van der Waals surface area contributed by atoms with Gasteiger partial charge in [-0.05, 0) is 25.7 Å². The highest BCUT2D eigenvalue weighted by atomic mass is 16.6. The van der Waals surface area contributed by atoms with Crippen LogP contribution in [0.25, 0.3) is 0 Å². The Morgan fingerprint density at radius 3 is 1.03 bits per heavy atom. The second-order valence-electron chi connectivity index (χ2n) is 7.85. The van der Waals surface area contributed by atoms with Gasteiger partial charge < -0.3 is 14.2 Å². The van der Waals surface area contributed by atoms with Crippen molar-refractivity contribution in [2.45, 2.75) is 111 Å². The van der Waals surface area contributed by atoms with Gasteiger partial charge in [-0.1, -0.05) is 85.5 Å². The zero-order valence-corrected chi connectivity index (χ0v) is 19.8. The van der Waals surface area contributed by atoms with Crippen molar-refractivity contribution >= 4 is 17.9 Å². The predicted octanol–water partition coefficient (Wildman–Crippen LogP) is 5.75. The van der Waals surface area contributed by atoms with Gasteiger partial charge in [0.2, 0.25) is 0 Å². The van der Waals surface area contributed by atoms with Crippen molar-refractivity contribution in [1.82, 2.24) is 0 Å². The van der Waals surface area contributed by atoms with E-state index in [1.165, 1.54) is 0 Å². The molecule has 0 fully saturated rings. The lowest BCUT2D eigenvalue weighted by Crippen LogP contribution is -2.49. The van der Waals surface area contributed by atoms with Crippen LogP contribution < -0.4 is 0 Å². The lowest BCUT2D eigenvalue weighted by molar-refractivity contribution is -0.184. The number of ether oxygens (including phenoxy) is 3. The molecule has 0 aliphatic rings. The molecule has 0 saturated heterocycles. The van der Waals surface area contributed by atoms with Crippen molar-refractivity contribution in [3.05, 3.63) is 0 Å². The normalized spacial score (nSPS) is 11.2. The number of hydrogen-bond donors (Lipinski definition) is 0. The monoisotopic (exact) mass is 428 g/mol. The van der Waals surface area contributed by atoms with Crippen LogP contribution in [-0.2, 0) is 28.6 Å². The summed E-state index contributed by atoms with van der Waals surface area (Å²) in [7, 11) is 0. The second kappa shape index (κ2) is 18.2. The number of rotatable bonds is 19. The first-order chi connectivity index (χ1) is 14.5. The average molecular weight is 429 g/mol. The van der Waals surface area contributed by atoms with E-state index >= 15 is 0 Å². The summed E-state index contributed by atoms with van der Waals surface area (Å²) < 4.78 is 16.0. The molecule has 30 heavy (non-hydrogen) atoms. The molecule has 0 unspecified atom stereocenters. The molecular weight excluding hydrogens is 384 g/mol. The first kappa shape index (κ1) is 28.4. The molecule has 0 atom stereocenters. The molecule has 0 radical (unpaired) electrons. The van der Waals surface area contributed by atoms with Gasteiger partial charge in [0.15, 0.2) is 0 Å². The molecule has 0 saturated carbocycles. The highest BCUT2D eigenvalue weighted by Gasteiger charge is 2.56. The van der Waals surface area contributed by atoms with E-state index in [4.69, 9.17) is 14.2 Å². The molecule has 0 aliphatic carbocycles. The average Bonchev–Trinajstić information content (AvgIpc) is 2.74. The van der Waals surface area contributed by atoms with Crippen molar-refractivity contribution in [2.75, 3.05) is 19.8 Å². The first-order valence-electron chi connectivity index (χ1n) is 12.0. The largest absolute Gasteiger partial charge is 0.464 e. The van der Waals surface area contributed by atoms with Crippen LogP contribution >= 0.6 is 0 Å². The van der Waals surface area contributed by atoms with Crippen molar-refractivity contribution in [1.29, 1.82) is 0 Å². The Bertz CT molecular complexity index is 410. The summed E-state index contributed by atoms with van der Waals surface area (Å²) in [6.45, 7) is 8.48. The van der Waals surface area contributed by atoms with Crippen molar-refractivity contribution in [3.8, 4) is 0 Å². The lowest BCUT2D eigenvalue weighted by atomic mass is 9.85. The molecular formula is C24H44O6. The number of unbranched alkanes of at least 4 members (excludes halogenated alkanes) is 9. The Morgan fingerprint density at radius 1 is 0.500 bits per heavy atom. The molecule has 0 heterocycles. The van der Waals surface area contributed by atoms with Gasteiger partial charge in [0.1, 0.15) is 0 Å². The van der Waals surface area contributed by atoms with Gasteiger partial charge in [0.05, 0.1) is 19.8 Å². The van der Waals surface area contributed by atoms with Gasteiger partial charge >= 0.3 is 17.9 Å². The van der Waals surface area contributed by atoms with Crippen LogP contribution in [0.1, 0.15) is 111 Å². The SMILES string of the molecule is CCCCCCOC(=O)C(CC)(C(=O)OCCCCCC)C(=O)OCCCCCC. The number of hydrogen-bond acceptors (Lipinski definition) is 6. The van der Waals surface area contributed by atoms with E-state index in [9.17, 15) is 14.4 Å². The summed E-state index contributed by atoms with van der Waals surface area (Å²) in [6.07, 6.45) is 11.3. The molecule has 0 aromatic carbocycles. The van der Waals surface area contributed by atoms with Gasteiger partial charge in [-0.25, -0.2) is 0 Å². The van der Waals surface area contributed by atoms with Gasteiger partial charge in [0.25, 0.3) is 5.41 Å². The summed E-state index contributed by atoms with van der Waals surface area (Å²) in [6, 6.07) is 0. The van der Waals surface area contributed by atoms with Crippen molar-refractivity contribution < 1.29 is 28.6 Å². The summed E-state index contributed by atoms with van der Waals surface area (Å²) in [5.74, 6) is -2.55. The molecule has 0 aromatic rings. The minimum atomic E-state index is -2.03. The maximum absolute atomic E-state index is 12.9. The fourth-order valence-electron chi connectivity index (χ4n) is 3.13. The Labute approximate surface area is 183 Å². The molecule has 0 N–H and O–H groups in total. The highest BCUT2D eigenvalue weighted by molar-refractivity contribution is 6.17. The highest BCUT2D eigenvalue weighted by Crippen LogP contribution is 2.29. The molecule has 176 valence electrons. The van der Waals surface area contributed by atoms with Gasteiger partial charge in [0, 0.05) is 0 Å². The van der Waals surface area contributed by atoms with Crippen molar-refractivity contribution in [2.24, 2.45) is 5.41 Å². The molecule has 0 aromatic heterocycles. The summed E-state index contributed by atoms with van der Waals surface area (Å²) in [4.78, 5) is 38.6. The summed E-state index contributed by atoms with van der Waals surface area (Å²) in [5.41, 5.74) is -2.03. The van der Waals surface area contributed by atoms with Crippen molar-refractivity contribution in [3.63, 3.8) is 0 Å². The first-order valence-corrected chi connectivity index (χ1v) is 12.0. The third kappa shape index (κ3) is 10.4. The molecule has 0 bridgehead atoms. The Kier molecular flexibility index (Phi) is 17.2. The molecule has 0 amide bonds. The fraction of sp³-hybridized carbons (Fsp3) is 0.875. The van der Waals surface area contributed by atoms with E-state index in [1.54, 1.807) is 6.92 Å². The molecule has 6 nitrogen and oxygen atoms in total. The van der Waals surface area contributed by atoms with E-state index in [2.05, 4.69) is 20.8 Å². The smallest absolute Gasteiger partial charge is 0.335 e. The van der Waals surface area contributed by atoms with Crippen LogP contribution in [0.3, 0.4) is 0 Å². The summed E-state index contributed by atoms with van der Waals surface area (Å²) >= 11 is 0. The lowest BCUT2D eigenvalue weighted by Gasteiger charge is -2.26. The quantitative estimate of drug-likeness (QED) is 0.113. The molecule has 0 rings (SSSR count). The molecule has 0 spiro atoms. The minimum absolute atomic E-state index is 0.0393. The second-order valence-corrected chi connectivity index (χ2v) is 7.85. The molecule has 0 aliphatic heterocycles. The number of carbonyl (C=O) groups is 3. The Morgan fingerprint density at radius 2 is 0.800 bits per heavy atom. The zero-order valence-electron chi connectivity index (χ0n) is 19.8. The van der Waals surface area contributed by atoms with Gasteiger partial charge in [-0.3, -0.25) is 14.4 Å². The topological polar surface area (TPSA) is 78.9 Å². The third-order valence-corrected chi connectivity index (χ3v) is 5.27. The summed E-state index contributed by atoms with van der Waals surface area (Å²) in [5, 5.41) is 0. The van der Waals surface area contributed by atoms with Crippen LogP contribution in [0.2, 0.25) is 0 Å². The van der Waals surface area contributed by atoms with E-state index < -0.39 is 23.3 Å². The zero-order chi connectivity index (χ0) is 22.7. The standard InChI is InChI=1S/C24H44O6/c1-5-9-12-15-18-28-21(25)24(8-4,22(26)29-19-16-13-10-6-2)23(27)30-20-17-14-11-7-3/h5-20H2,1-4H3. The maximum atomic E-state index is 12.9. The number of esters is 3. The van der Waals surface area contributed by atoms with E-state index in [1.807, 2.05) is 0 Å².